The molecule has 58 valence electrons. The van der Waals surface area contributed by atoms with Crippen LogP contribution in [0.5, 0.6) is 0 Å². The number of alkyl halides is 2. The SMILES string of the molecule is BrC(Br)/N=N/c1ccccc1. The maximum Gasteiger partial charge on any atom is 0.180 e. The molecule has 2 nitrogen and oxygen atoms in total. The van der Waals surface area contributed by atoms with Gasteiger partial charge in [0.05, 0.1) is 5.69 Å². The summed E-state index contributed by atoms with van der Waals surface area (Å²) in [7, 11) is 0. The van der Waals surface area contributed by atoms with Crippen molar-refractivity contribution in [2.45, 2.75) is 3.86 Å². The number of nitrogens with zero attached hydrogens (tertiary/aromatic N) is 2. The molecule has 0 N–H and O–H groups in total. The van der Waals surface area contributed by atoms with Gasteiger partial charge in [-0.3, -0.25) is 0 Å². The van der Waals surface area contributed by atoms with E-state index in [1.807, 2.05) is 30.3 Å². The monoisotopic (exact) mass is 276 g/mol. The van der Waals surface area contributed by atoms with E-state index in [2.05, 4.69) is 42.1 Å². The van der Waals surface area contributed by atoms with Crippen LogP contribution in [0.1, 0.15) is 0 Å². The Kier molecular flexibility index (Phi) is 3.72. The summed E-state index contributed by atoms with van der Waals surface area (Å²) in [6, 6.07) is 9.58. The lowest BCUT2D eigenvalue weighted by atomic mass is 10.3. The minimum Gasteiger partial charge on any atom is -0.162 e. The maximum atomic E-state index is 3.94. The Hall–Kier alpha value is -0.220. The number of halogens is 2. The molecule has 0 aliphatic heterocycles. The van der Waals surface area contributed by atoms with E-state index in [0.717, 1.165) is 5.69 Å². The van der Waals surface area contributed by atoms with Crippen LogP contribution in [0.3, 0.4) is 0 Å². The summed E-state index contributed by atoms with van der Waals surface area (Å²) in [6.45, 7) is 0. The van der Waals surface area contributed by atoms with Crippen LogP contribution < -0.4 is 0 Å². The molecule has 0 atom stereocenters. The second-order valence-electron chi connectivity index (χ2n) is 1.83. The molecule has 0 aliphatic carbocycles. The first-order valence-electron chi connectivity index (χ1n) is 3.03. The topological polar surface area (TPSA) is 24.7 Å². The third-order valence-corrected chi connectivity index (χ3v) is 1.38. The van der Waals surface area contributed by atoms with E-state index in [1.165, 1.54) is 0 Å². The van der Waals surface area contributed by atoms with E-state index in [9.17, 15) is 0 Å². The van der Waals surface area contributed by atoms with Crippen LogP contribution in [0.15, 0.2) is 40.6 Å². The molecule has 0 radical (unpaired) electrons. The molecule has 0 bridgehead atoms. The van der Waals surface area contributed by atoms with Crippen molar-refractivity contribution in [1.82, 2.24) is 0 Å². The van der Waals surface area contributed by atoms with Gasteiger partial charge in [-0.1, -0.05) is 18.2 Å². The highest BCUT2D eigenvalue weighted by atomic mass is 79.9. The molecule has 0 saturated heterocycles. The van der Waals surface area contributed by atoms with Crippen molar-refractivity contribution in [2.24, 2.45) is 10.2 Å². The van der Waals surface area contributed by atoms with Gasteiger partial charge in [0.2, 0.25) is 0 Å². The normalized spacial score (nSPS) is 11.2. The third kappa shape index (κ3) is 3.62. The average Bonchev–Trinajstić information content (AvgIpc) is 2.03. The quantitative estimate of drug-likeness (QED) is 0.446. The third-order valence-electron chi connectivity index (χ3n) is 1.02. The lowest BCUT2D eigenvalue weighted by Gasteiger charge is -1.90. The van der Waals surface area contributed by atoms with Gasteiger partial charge in [0, 0.05) is 0 Å². The van der Waals surface area contributed by atoms with Gasteiger partial charge in [-0.2, -0.15) is 10.2 Å². The summed E-state index contributed by atoms with van der Waals surface area (Å²) in [4.78, 5) is 0. The van der Waals surface area contributed by atoms with Crippen LogP contribution in [0.25, 0.3) is 0 Å². The Morgan fingerprint density at radius 1 is 1.09 bits per heavy atom. The van der Waals surface area contributed by atoms with Crippen molar-refractivity contribution in [3.05, 3.63) is 30.3 Å². The Balaban J connectivity index is 2.65. The first kappa shape index (κ1) is 8.87. The first-order valence-corrected chi connectivity index (χ1v) is 4.86. The molecular formula is C7H6Br2N2. The van der Waals surface area contributed by atoms with Gasteiger partial charge in [-0.05, 0) is 44.0 Å². The van der Waals surface area contributed by atoms with E-state index in [0.29, 0.717) is 0 Å². The Morgan fingerprint density at radius 3 is 2.27 bits per heavy atom. The summed E-state index contributed by atoms with van der Waals surface area (Å²) in [6.07, 6.45) is 0. The highest BCUT2D eigenvalue weighted by molar-refractivity contribution is 9.24. The molecule has 0 unspecified atom stereocenters. The van der Waals surface area contributed by atoms with Gasteiger partial charge in [0.15, 0.2) is 3.86 Å². The van der Waals surface area contributed by atoms with Crippen molar-refractivity contribution < 1.29 is 0 Å². The summed E-state index contributed by atoms with van der Waals surface area (Å²) in [5, 5.41) is 7.79. The zero-order valence-electron chi connectivity index (χ0n) is 5.61. The molecule has 1 aromatic carbocycles. The second kappa shape index (κ2) is 4.62. The molecule has 11 heavy (non-hydrogen) atoms. The van der Waals surface area contributed by atoms with Crippen molar-refractivity contribution in [1.29, 1.82) is 0 Å². The fourth-order valence-corrected chi connectivity index (χ4v) is 0.788. The predicted octanol–water partition coefficient (Wildman–Crippen LogP) is 3.84. The molecule has 1 aromatic rings. The van der Waals surface area contributed by atoms with Gasteiger partial charge < -0.3 is 0 Å². The fraction of sp³-hybridized carbons (Fsp3) is 0.143. The molecule has 0 saturated carbocycles. The minimum atomic E-state index is -0.102. The molecule has 1 rings (SSSR count). The molecule has 0 aromatic heterocycles. The van der Waals surface area contributed by atoms with Gasteiger partial charge in [-0.25, -0.2) is 0 Å². The molecule has 0 aliphatic rings. The average molecular weight is 278 g/mol. The Labute approximate surface area is 82.0 Å². The van der Waals surface area contributed by atoms with E-state index in [1.54, 1.807) is 0 Å². The van der Waals surface area contributed by atoms with Gasteiger partial charge in [0.25, 0.3) is 0 Å². The zero-order chi connectivity index (χ0) is 8.10. The maximum absolute atomic E-state index is 3.94. The lowest BCUT2D eigenvalue weighted by molar-refractivity contribution is 1.12. The van der Waals surface area contributed by atoms with Gasteiger partial charge in [-0.15, -0.1) is 0 Å². The van der Waals surface area contributed by atoms with Crippen LogP contribution in [0.2, 0.25) is 0 Å². The second-order valence-corrected chi connectivity index (χ2v) is 4.79. The number of rotatable bonds is 2. The van der Waals surface area contributed by atoms with Crippen LogP contribution >= 0.6 is 31.9 Å². The summed E-state index contributed by atoms with van der Waals surface area (Å²) >= 11 is 6.38. The van der Waals surface area contributed by atoms with E-state index in [4.69, 9.17) is 0 Å². The van der Waals surface area contributed by atoms with E-state index in [-0.39, 0.29) is 3.86 Å². The smallest absolute Gasteiger partial charge is 0.162 e. The Bertz CT molecular complexity index is 233. The molecule has 0 fully saturated rings. The molecule has 0 amide bonds. The highest BCUT2D eigenvalue weighted by Crippen LogP contribution is 2.15. The Morgan fingerprint density at radius 2 is 1.73 bits per heavy atom. The minimum absolute atomic E-state index is 0.102. The number of hydrogen-bond donors (Lipinski definition) is 0. The standard InChI is InChI=1S/C7H6Br2N2/c8-7(9)11-10-6-4-2-1-3-5-6/h1-5,7H/b11-10+. The van der Waals surface area contributed by atoms with Crippen molar-refractivity contribution in [2.75, 3.05) is 0 Å². The van der Waals surface area contributed by atoms with Crippen LogP contribution in [0.4, 0.5) is 5.69 Å². The van der Waals surface area contributed by atoms with Gasteiger partial charge >= 0.3 is 0 Å². The summed E-state index contributed by atoms with van der Waals surface area (Å²) < 4.78 is -0.102. The summed E-state index contributed by atoms with van der Waals surface area (Å²) in [5.41, 5.74) is 0.858. The highest BCUT2D eigenvalue weighted by Gasteiger charge is 1.90. The van der Waals surface area contributed by atoms with Crippen molar-refractivity contribution >= 4 is 37.5 Å². The fourth-order valence-electron chi connectivity index (χ4n) is 0.605. The van der Waals surface area contributed by atoms with Crippen LogP contribution in [-0.4, -0.2) is 3.86 Å². The van der Waals surface area contributed by atoms with E-state index < -0.39 is 0 Å². The molecule has 0 heterocycles. The largest absolute Gasteiger partial charge is 0.180 e. The first-order chi connectivity index (χ1) is 5.29. The zero-order valence-corrected chi connectivity index (χ0v) is 8.79. The summed E-state index contributed by atoms with van der Waals surface area (Å²) in [5.74, 6) is 0. The molecule has 0 spiro atoms. The molecule has 4 heteroatoms. The van der Waals surface area contributed by atoms with Crippen molar-refractivity contribution in [3.8, 4) is 0 Å². The number of benzene rings is 1. The number of azo groups is 1. The van der Waals surface area contributed by atoms with E-state index >= 15 is 0 Å². The number of hydrogen-bond acceptors (Lipinski definition) is 2. The lowest BCUT2D eigenvalue weighted by Crippen LogP contribution is -1.71. The van der Waals surface area contributed by atoms with Crippen LogP contribution in [-0.2, 0) is 0 Å². The van der Waals surface area contributed by atoms with Crippen molar-refractivity contribution in [3.63, 3.8) is 0 Å². The predicted molar refractivity (Wildman–Crippen MR) is 52.6 cm³/mol. The van der Waals surface area contributed by atoms with Crippen LogP contribution in [0, 0.1) is 0 Å². The van der Waals surface area contributed by atoms with Gasteiger partial charge in [0.1, 0.15) is 0 Å². The molecular weight excluding hydrogens is 272 g/mol.